The van der Waals surface area contributed by atoms with Gasteiger partial charge in [0.15, 0.2) is 0 Å². The molecule has 0 unspecified atom stereocenters. The smallest absolute Gasteiger partial charge is 0.309 e. The molecule has 2 rings (SSSR count). The number of hydrogen-bond acceptors (Lipinski definition) is 3. The van der Waals surface area contributed by atoms with E-state index in [4.69, 9.17) is 9.84 Å². The number of methoxy groups -OCH3 is 1. The Hall–Kier alpha value is -1.39. The molecule has 0 spiro atoms. The van der Waals surface area contributed by atoms with E-state index in [1.165, 1.54) is 5.56 Å². The van der Waals surface area contributed by atoms with Crippen molar-refractivity contribution in [1.82, 2.24) is 4.90 Å². The van der Waals surface area contributed by atoms with Gasteiger partial charge in [0.2, 0.25) is 0 Å². The van der Waals surface area contributed by atoms with E-state index in [-0.39, 0.29) is 5.92 Å². The van der Waals surface area contributed by atoms with Gasteiger partial charge in [-0.25, -0.2) is 0 Å². The van der Waals surface area contributed by atoms with Crippen molar-refractivity contribution < 1.29 is 14.6 Å². The minimum absolute atomic E-state index is 0.183. The third kappa shape index (κ3) is 3.05. The Balaban J connectivity index is 1.87. The van der Waals surface area contributed by atoms with Crippen molar-refractivity contribution in [2.24, 2.45) is 5.92 Å². The van der Waals surface area contributed by atoms with Crippen molar-refractivity contribution in [2.45, 2.75) is 13.2 Å². The summed E-state index contributed by atoms with van der Waals surface area (Å²) in [5.74, 6) is -0.869. The molecule has 0 saturated carbocycles. The van der Waals surface area contributed by atoms with E-state index < -0.39 is 5.97 Å². The fraction of sp³-hybridized carbons (Fsp3) is 0.462. The van der Waals surface area contributed by atoms with Crippen LogP contribution in [0.25, 0.3) is 0 Å². The molecule has 92 valence electrons. The second-order valence-corrected chi connectivity index (χ2v) is 4.48. The highest BCUT2D eigenvalue weighted by Gasteiger charge is 2.31. The van der Waals surface area contributed by atoms with Crippen molar-refractivity contribution in [3.63, 3.8) is 0 Å². The second-order valence-electron chi connectivity index (χ2n) is 4.48. The van der Waals surface area contributed by atoms with Crippen LogP contribution in [0, 0.1) is 5.92 Å². The molecule has 1 heterocycles. The SMILES string of the molecule is COCc1cccc(CN2CC(C(=O)O)C2)c1. The van der Waals surface area contributed by atoms with Crippen LogP contribution in [0.3, 0.4) is 0 Å². The lowest BCUT2D eigenvalue weighted by Crippen LogP contribution is -2.49. The molecule has 0 radical (unpaired) electrons. The average Bonchev–Trinajstić information content (AvgIpc) is 2.23. The highest BCUT2D eigenvalue weighted by molar-refractivity contribution is 5.71. The van der Waals surface area contributed by atoms with Crippen LogP contribution in [0.4, 0.5) is 0 Å². The standard InChI is InChI=1S/C13H17NO3/c1-17-9-11-4-2-3-10(5-11)6-14-7-12(8-14)13(15)16/h2-5,12H,6-9H2,1H3,(H,15,16). The zero-order valence-corrected chi connectivity index (χ0v) is 9.93. The molecule has 1 aliphatic heterocycles. The Bertz CT molecular complexity index is 399. The van der Waals surface area contributed by atoms with Gasteiger partial charge in [0.05, 0.1) is 12.5 Å². The summed E-state index contributed by atoms with van der Waals surface area (Å²) in [6.45, 7) is 2.75. The number of hydrogen-bond donors (Lipinski definition) is 1. The molecule has 0 aromatic heterocycles. The van der Waals surface area contributed by atoms with Gasteiger partial charge in [0.25, 0.3) is 0 Å². The van der Waals surface area contributed by atoms with Gasteiger partial charge in [-0.15, -0.1) is 0 Å². The van der Waals surface area contributed by atoms with Gasteiger partial charge in [-0.1, -0.05) is 24.3 Å². The van der Waals surface area contributed by atoms with E-state index in [1.807, 2.05) is 12.1 Å². The summed E-state index contributed by atoms with van der Waals surface area (Å²) in [7, 11) is 1.68. The number of nitrogens with zero attached hydrogens (tertiary/aromatic N) is 1. The van der Waals surface area contributed by atoms with E-state index in [0.717, 1.165) is 12.1 Å². The monoisotopic (exact) mass is 235 g/mol. The first-order chi connectivity index (χ1) is 8.19. The minimum atomic E-state index is -0.686. The maximum atomic E-state index is 10.7. The summed E-state index contributed by atoms with van der Waals surface area (Å²) in [4.78, 5) is 12.8. The third-order valence-electron chi connectivity index (χ3n) is 3.01. The first-order valence-corrected chi connectivity index (χ1v) is 5.71. The van der Waals surface area contributed by atoms with Crippen LogP contribution in [-0.4, -0.2) is 36.2 Å². The lowest BCUT2D eigenvalue weighted by molar-refractivity contribution is -0.147. The Morgan fingerprint density at radius 3 is 2.82 bits per heavy atom. The average molecular weight is 235 g/mol. The Labute approximate surface area is 101 Å². The normalized spacial score (nSPS) is 16.8. The van der Waals surface area contributed by atoms with Crippen molar-refractivity contribution in [2.75, 3.05) is 20.2 Å². The van der Waals surface area contributed by atoms with E-state index in [9.17, 15) is 4.79 Å². The number of benzene rings is 1. The maximum Gasteiger partial charge on any atom is 0.309 e. The number of likely N-dealkylation sites (tertiary alicyclic amines) is 1. The van der Waals surface area contributed by atoms with Crippen molar-refractivity contribution >= 4 is 5.97 Å². The van der Waals surface area contributed by atoms with Crippen LogP contribution < -0.4 is 0 Å². The summed E-state index contributed by atoms with van der Waals surface area (Å²) in [6.07, 6.45) is 0. The van der Waals surface area contributed by atoms with Gasteiger partial charge in [0, 0.05) is 26.7 Å². The first-order valence-electron chi connectivity index (χ1n) is 5.71. The van der Waals surface area contributed by atoms with E-state index in [1.54, 1.807) is 7.11 Å². The lowest BCUT2D eigenvalue weighted by Gasteiger charge is -2.36. The molecule has 1 aromatic rings. The maximum absolute atomic E-state index is 10.7. The molecule has 0 aliphatic carbocycles. The molecule has 17 heavy (non-hydrogen) atoms. The van der Waals surface area contributed by atoms with Gasteiger partial charge < -0.3 is 9.84 Å². The van der Waals surface area contributed by atoms with Crippen LogP contribution in [0.5, 0.6) is 0 Å². The molecule has 1 fully saturated rings. The Kier molecular flexibility index (Phi) is 3.76. The van der Waals surface area contributed by atoms with Gasteiger partial charge >= 0.3 is 5.97 Å². The third-order valence-corrected chi connectivity index (χ3v) is 3.01. The van der Waals surface area contributed by atoms with Gasteiger partial charge in [0.1, 0.15) is 0 Å². The van der Waals surface area contributed by atoms with Crippen molar-refractivity contribution in [1.29, 1.82) is 0 Å². The van der Waals surface area contributed by atoms with Crippen LogP contribution in [-0.2, 0) is 22.7 Å². The number of rotatable bonds is 5. The lowest BCUT2D eigenvalue weighted by atomic mass is 9.99. The molecule has 1 aromatic carbocycles. The molecule has 0 atom stereocenters. The zero-order chi connectivity index (χ0) is 12.3. The highest BCUT2D eigenvalue weighted by atomic mass is 16.5. The summed E-state index contributed by atoms with van der Waals surface area (Å²) in [5.41, 5.74) is 2.36. The predicted octanol–water partition coefficient (Wildman–Crippen LogP) is 1.35. The molecule has 1 N–H and O–H groups in total. The number of aliphatic carboxylic acids is 1. The number of carboxylic acids is 1. The van der Waals surface area contributed by atoms with E-state index in [2.05, 4.69) is 17.0 Å². The molecule has 4 nitrogen and oxygen atoms in total. The van der Waals surface area contributed by atoms with Crippen LogP contribution in [0.15, 0.2) is 24.3 Å². The second kappa shape index (κ2) is 5.29. The Morgan fingerprint density at radius 1 is 1.47 bits per heavy atom. The molecule has 0 bridgehead atoms. The number of carboxylic acid groups (broad SMARTS) is 1. The molecular weight excluding hydrogens is 218 g/mol. The molecule has 1 saturated heterocycles. The summed E-state index contributed by atoms with van der Waals surface area (Å²) >= 11 is 0. The number of ether oxygens (including phenoxy) is 1. The van der Waals surface area contributed by atoms with Gasteiger partial charge in [-0.3, -0.25) is 9.69 Å². The minimum Gasteiger partial charge on any atom is -0.481 e. The topological polar surface area (TPSA) is 49.8 Å². The summed E-state index contributed by atoms with van der Waals surface area (Å²) < 4.78 is 5.09. The van der Waals surface area contributed by atoms with Crippen molar-refractivity contribution in [3.05, 3.63) is 35.4 Å². The predicted molar refractivity (Wildman–Crippen MR) is 63.6 cm³/mol. The number of carbonyl (C=O) groups is 1. The summed E-state index contributed by atoms with van der Waals surface area (Å²) in [6, 6.07) is 8.21. The molecule has 1 aliphatic rings. The molecular formula is C13H17NO3. The van der Waals surface area contributed by atoms with Gasteiger partial charge in [-0.2, -0.15) is 0 Å². The molecule has 0 amide bonds. The largest absolute Gasteiger partial charge is 0.481 e. The highest BCUT2D eigenvalue weighted by Crippen LogP contribution is 2.19. The van der Waals surface area contributed by atoms with E-state index in [0.29, 0.717) is 19.7 Å². The fourth-order valence-electron chi connectivity index (χ4n) is 2.10. The Morgan fingerprint density at radius 2 is 2.18 bits per heavy atom. The van der Waals surface area contributed by atoms with Crippen LogP contribution in [0.2, 0.25) is 0 Å². The van der Waals surface area contributed by atoms with Crippen LogP contribution in [0.1, 0.15) is 11.1 Å². The fourth-order valence-corrected chi connectivity index (χ4v) is 2.10. The van der Waals surface area contributed by atoms with E-state index >= 15 is 0 Å². The quantitative estimate of drug-likeness (QED) is 0.837. The molecule has 4 heteroatoms. The van der Waals surface area contributed by atoms with Crippen LogP contribution >= 0.6 is 0 Å². The van der Waals surface area contributed by atoms with Crippen molar-refractivity contribution in [3.8, 4) is 0 Å². The zero-order valence-electron chi connectivity index (χ0n) is 9.93. The van der Waals surface area contributed by atoms with Gasteiger partial charge in [-0.05, 0) is 11.1 Å². The first kappa shape index (κ1) is 12.1. The summed E-state index contributed by atoms with van der Waals surface area (Å²) in [5, 5.41) is 8.79.